The lowest BCUT2D eigenvalue weighted by atomic mass is 10.0. The zero-order valence-corrected chi connectivity index (χ0v) is 15.0. The number of carbonyl (C=O) groups excluding carboxylic acids is 1. The van der Waals surface area contributed by atoms with Crippen molar-refractivity contribution in [3.63, 3.8) is 0 Å². The van der Waals surface area contributed by atoms with Gasteiger partial charge in [0.25, 0.3) is 0 Å². The Morgan fingerprint density at radius 1 is 0.750 bits per heavy atom. The summed E-state index contributed by atoms with van der Waals surface area (Å²) < 4.78 is 0. The molecule has 28 heavy (non-hydrogen) atoms. The highest BCUT2D eigenvalue weighted by atomic mass is 16.2. The second-order valence-corrected chi connectivity index (χ2v) is 6.11. The fourth-order valence-corrected chi connectivity index (χ4v) is 2.75. The van der Waals surface area contributed by atoms with E-state index in [9.17, 15) is 4.79 Å². The van der Waals surface area contributed by atoms with Crippen LogP contribution in [0.5, 0.6) is 0 Å². The molecule has 0 bridgehead atoms. The Labute approximate surface area is 162 Å². The minimum Gasteiger partial charge on any atom is -0.384 e. The van der Waals surface area contributed by atoms with Crippen LogP contribution >= 0.6 is 0 Å². The summed E-state index contributed by atoms with van der Waals surface area (Å²) >= 11 is 0. The van der Waals surface area contributed by atoms with Gasteiger partial charge in [-0.25, -0.2) is 4.79 Å². The van der Waals surface area contributed by atoms with Crippen LogP contribution in [0, 0.1) is 10.8 Å². The van der Waals surface area contributed by atoms with Crippen molar-refractivity contribution in [3.05, 3.63) is 83.9 Å². The predicted octanol–water partition coefficient (Wildman–Crippen LogP) is 3.57. The summed E-state index contributed by atoms with van der Waals surface area (Å²) in [6.45, 7) is 0. The highest BCUT2D eigenvalue weighted by molar-refractivity contribution is 6.04. The Kier molecular flexibility index (Phi) is 5.36. The van der Waals surface area contributed by atoms with Gasteiger partial charge in [0.15, 0.2) is 0 Å². The second kappa shape index (κ2) is 8.05. The summed E-state index contributed by atoms with van der Waals surface area (Å²) in [4.78, 5) is 12.5. The maximum absolute atomic E-state index is 12.5. The quantitative estimate of drug-likeness (QED) is 0.301. The first-order chi connectivity index (χ1) is 13.4. The fraction of sp³-hybridized carbons (Fsp3) is 0. The van der Waals surface area contributed by atoms with Crippen LogP contribution < -0.4 is 22.1 Å². The summed E-state index contributed by atoms with van der Waals surface area (Å²) in [5.41, 5.74) is 15.0. The van der Waals surface area contributed by atoms with E-state index in [0.29, 0.717) is 22.5 Å². The Bertz CT molecular complexity index is 1060. The van der Waals surface area contributed by atoms with Crippen LogP contribution in [0.2, 0.25) is 0 Å². The third-order valence-electron chi connectivity index (χ3n) is 4.09. The molecule has 0 aliphatic carbocycles. The number of hydrogen-bond acceptors (Lipinski definition) is 3. The molecule has 2 amide bonds. The second-order valence-electron chi connectivity index (χ2n) is 6.11. The van der Waals surface area contributed by atoms with Crippen molar-refractivity contribution in [2.24, 2.45) is 11.5 Å². The number of nitrogen functional groups attached to an aromatic ring is 2. The van der Waals surface area contributed by atoms with E-state index in [0.717, 1.165) is 11.1 Å². The molecule has 8 N–H and O–H groups in total. The largest absolute Gasteiger partial charge is 0.384 e. The van der Waals surface area contributed by atoms with Gasteiger partial charge in [0.2, 0.25) is 0 Å². The first-order valence-corrected chi connectivity index (χ1v) is 8.50. The molecule has 0 saturated carbocycles. The minimum absolute atomic E-state index is 0.0182. The van der Waals surface area contributed by atoms with Gasteiger partial charge in [0.05, 0.1) is 5.69 Å². The van der Waals surface area contributed by atoms with Gasteiger partial charge in [0.1, 0.15) is 11.7 Å². The van der Waals surface area contributed by atoms with Gasteiger partial charge in [0, 0.05) is 22.4 Å². The van der Waals surface area contributed by atoms with Crippen LogP contribution in [0.15, 0.2) is 72.8 Å². The SMILES string of the molecule is N=C(N)c1cccc(NC(=O)Nc2ccccc2-c2cccc(C(=N)N)c2)c1. The predicted molar refractivity (Wildman–Crippen MR) is 113 cm³/mol. The maximum atomic E-state index is 12.5. The number of rotatable bonds is 5. The normalized spacial score (nSPS) is 10.1. The van der Waals surface area contributed by atoms with Gasteiger partial charge in [-0.05, 0) is 29.8 Å². The molecule has 140 valence electrons. The molecule has 0 heterocycles. The van der Waals surface area contributed by atoms with E-state index in [1.807, 2.05) is 30.3 Å². The molecule has 0 aromatic heterocycles. The molecule has 7 heteroatoms. The molecular weight excluding hydrogens is 352 g/mol. The van der Waals surface area contributed by atoms with Crippen LogP contribution in [0.4, 0.5) is 16.2 Å². The Morgan fingerprint density at radius 3 is 2.11 bits per heavy atom. The number of amides is 2. The summed E-state index contributed by atoms with van der Waals surface area (Å²) in [7, 11) is 0. The number of para-hydroxylation sites is 1. The summed E-state index contributed by atoms with van der Waals surface area (Å²) in [5.74, 6) is -0.0878. The van der Waals surface area contributed by atoms with Gasteiger partial charge in [-0.2, -0.15) is 0 Å². The molecular formula is C21H20N6O. The van der Waals surface area contributed by atoms with Crippen molar-refractivity contribution in [2.75, 3.05) is 10.6 Å². The molecule has 0 unspecified atom stereocenters. The van der Waals surface area contributed by atoms with Crippen molar-refractivity contribution in [1.82, 2.24) is 0 Å². The average Bonchev–Trinajstić information content (AvgIpc) is 2.68. The number of amidine groups is 2. The molecule has 0 radical (unpaired) electrons. The minimum atomic E-state index is -0.420. The molecule has 7 nitrogen and oxygen atoms in total. The summed E-state index contributed by atoms with van der Waals surface area (Å²) in [6, 6.07) is 21.0. The Balaban J connectivity index is 1.83. The fourth-order valence-electron chi connectivity index (χ4n) is 2.75. The molecule has 3 rings (SSSR count). The molecule has 0 spiro atoms. The summed E-state index contributed by atoms with van der Waals surface area (Å²) in [6.07, 6.45) is 0. The maximum Gasteiger partial charge on any atom is 0.323 e. The van der Waals surface area contributed by atoms with Gasteiger partial charge in [-0.1, -0.05) is 48.5 Å². The first kappa shape index (κ1) is 18.7. The number of nitrogens with one attached hydrogen (secondary N) is 4. The molecule has 0 fully saturated rings. The van der Waals surface area contributed by atoms with Crippen LogP contribution in [-0.4, -0.2) is 17.7 Å². The Hall–Kier alpha value is -4.13. The summed E-state index contributed by atoms with van der Waals surface area (Å²) in [5, 5.41) is 20.7. The van der Waals surface area contributed by atoms with Gasteiger partial charge in [-0.3, -0.25) is 10.8 Å². The van der Waals surface area contributed by atoms with Gasteiger partial charge >= 0.3 is 6.03 Å². The average molecular weight is 372 g/mol. The van der Waals surface area contributed by atoms with E-state index in [4.69, 9.17) is 22.3 Å². The van der Waals surface area contributed by atoms with E-state index < -0.39 is 6.03 Å². The third kappa shape index (κ3) is 4.34. The first-order valence-electron chi connectivity index (χ1n) is 8.50. The van der Waals surface area contributed by atoms with E-state index in [2.05, 4.69) is 10.6 Å². The molecule has 0 aliphatic rings. The lowest BCUT2D eigenvalue weighted by molar-refractivity contribution is 0.262. The number of nitrogens with two attached hydrogens (primary N) is 2. The van der Waals surface area contributed by atoms with Crippen molar-refractivity contribution in [1.29, 1.82) is 10.8 Å². The Morgan fingerprint density at radius 2 is 1.39 bits per heavy atom. The monoisotopic (exact) mass is 372 g/mol. The highest BCUT2D eigenvalue weighted by Crippen LogP contribution is 2.28. The number of hydrogen-bond donors (Lipinski definition) is 6. The zero-order chi connectivity index (χ0) is 20.1. The van der Waals surface area contributed by atoms with Crippen molar-refractivity contribution >= 4 is 29.1 Å². The van der Waals surface area contributed by atoms with Crippen LogP contribution in [0.25, 0.3) is 11.1 Å². The van der Waals surface area contributed by atoms with Crippen LogP contribution in [0.1, 0.15) is 11.1 Å². The highest BCUT2D eigenvalue weighted by Gasteiger charge is 2.10. The number of carbonyl (C=O) groups is 1. The molecule has 3 aromatic carbocycles. The molecule has 3 aromatic rings. The van der Waals surface area contributed by atoms with Crippen LogP contribution in [-0.2, 0) is 0 Å². The molecule has 0 saturated heterocycles. The number of urea groups is 1. The van der Waals surface area contributed by atoms with Crippen LogP contribution in [0.3, 0.4) is 0 Å². The van der Waals surface area contributed by atoms with Gasteiger partial charge < -0.3 is 22.1 Å². The number of benzene rings is 3. The van der Waals surface area contributed by atoms with E-state index in [1.165, 1.54) is 0 Å². The van der Waals surface area contributed by atoms with E-state index in [-0.39, 0.29) is 11.7 Å². The topological polar surface area (TPSA) is 141 Å². The van der Waals surface area contributed by atoms with Gasteiger partial charge in [-0.15, -0.1) is 0 Å². The number of anilines is 2. The van der Waals surface area contributed by atoms with E-state index in [1.54, 1.807) is 42.5 Å². The van der Waals surface area contributed by atoms with Crippen molar-refractivity contribution in [2.45, 2.75) is 0 Å². The zero-order valence-electron chi connectivity index (χ0n) is 15.0. The molecule has 0 atom stereocenters. The molecule has 0 aliphatic heterocycles. The lowest BCUT2D eigenvalue weighted by Crippen LogP contribution is -2.20. The van der Waals surface area contributed by atoms with Crippen molar-refractivity contribution in [3.8, 4) is 11.1 Å². The standard InChI is InChI=1S/C21H20N6O/c22-19(23)14-6-3-5-13(11-14)17-9-1-2-10-18(17)27-21(28)26-16-8-4-7-15(12-16)20(24)25/h1-12H,(H3,22,23)(H3,24,25)(H2,26,27,28). The smallest absolute Gasteiger partial charge is 0.323 e. The third-order valence-corrected chi connectivity index (χ3v) is 4.09. The van der Waals surface area contributed by atoms with Crippen molar-refractivity contribution < 1.29 is 4.79 Å². The lowest BCUT2D eigenvalue weighted by Gasteiger charge is -2.13. The van der Waals surface area contributed by atoms with E-state index >= 15 is 0 Å².